The summed E-state index contributed by atoms with van der Waals surface area (Å²) in [6.45, 7) is 0. The molecule has 3 unspecified atom stereocenters. The Morgan fingerprint density at radius 1 is 1.43 bits per heavy atom. The lowest BCUT2D eigenvalue weighted by atomic mass is 9.71. The minimum Gasteiger partial charge on any atom is -0.511 e. The highest BCUT2D eigenvalue weighted by atomic mass is 16.6. The Hall–Kier alpha value is -2.58. The summed E-state index contributed by atoms with van der Waals surface area (Å²) in [6.07, 6.45) is 9.56. The molecule has 3 rings (SSSR count). The number of carbonyl (C=O) groups is 2. The van der Waals surface area contributed by atoms with Crippen molar-refractivity contribution in [2.45, 2.75) is 12.7 Å². The summed E-state index contributed by atoms with van der Waals surface area (Å²) in [4.78, 5) is 23.4. The Bertz CT molecular complexity index is 699. The van der Waals surface area contributed by atoms with Crippen molar-refractivity contribution in [1.82, 2.24) is 0 Å². The van der Waals surface area contributed by atoms with Crippen molar-refractivity contribution in [3.63, 3.8) is 0 Å². The van der Waals surface area contributed by atoms with Gasteiger partial charge in [-0.15, -0.1) is 6.42 Å². The normalized spacial score (nSPS) is 31.0. The summed E-state index contributed by atoms with van der Waals surface area (Å²) >= 11 is 0. The van der Waals surface area contributed by atoms with Gasteiger partial charge in [0.2, 0.25) is 6.29 Å². The highest BCUT2D eigenvalue weighted by molar-refractivity contribution is 5.97. The quantitative estimate of drug-likeness (QED) is 0.425. The zero-order valence-electron chi connectivity index (χ0n) is 10.9. The van der Waals surface area contributed by atoms with Crippen LogP contribution in [0.5, 0.6) is 0 Å². The van der Waals surface area contributed by atoms with Gasteiger partial charge in [0.15, 0.2) is 6.29 Å². The van der Waals surface area contributed by atoms with Gasteiger partial charge < -0.3 is 14.9 Å². The summed E-state index contributed by atoms with van der Waals surface area (Å²) in [7, 11) is 0. The summed E-state index contributed by atoms with van der Waals surface area (Å²) < 4.78 is 4.83. The lowest BCUT2D eigenvalue weighted by Gasteiger charge is -2.36. The molecule has 21 heavy (non-hydrogen) atoms. The van der Waals surface area contributed by atoms with E-state index in [1.807, 2.05) is 0 Å². The van der Waals surface area contributed by atoms with Crippen LogP contribution >= 0.6 is 0 Å². The fraction of sp³-hybridized carbons (Fsp3) is 0.250. The molecule has 3 aliphatic rings. The van der Waals surface area contributed by atoms with Crippen molar-refractivity contribution in [3.8, 4) is 12.3 Å². The van der Waals surface area contributed by atoms with E-state index in [2.05, 4.69) is 5.92 Å². The van der Waals surface area contributed by atoms with E-state index in [0.29, 0.717) is 23.0 Å². The van der Waals surface area contributed by atoms with Crippen LogP contribution in [0.1, 0.15) is 6.42 Å². The number of aldehydes is 1. The number of aliphatic hydroxyl groups is 2. The van der Waals surface area contributed by atoms with E-state index in [4.69, 9.17) is 11.2 Å². The van der Waals surface area contributed by atoms with E-state index < -0.39 is 24.1 Å². The maximum absolute atomic E-state index is 12.1. The fourth-order valence-electron chi connectivity index (χ4n) is 3.00. The number of esters is 1. The Kier molecular flexibility index (Phi) is 3.04. The van der Waals surface area contributed by atoms with Gasteiger partial charge in [0.25, 0.3) is 0 Å². The van der Waals surface area contributed by atoms with Gasteiger partial charge in [0.05, 0.1) is 5.57 Å². The monoisotopic (exact) mass is 284 g/mol. The standard InChI is InChI=1S/C16H12O5/c1-2-8-3-4-9-11(5-8)15(19)12(7-17)10-6-13(18)21-16(20)14(9)10/h1,3-5,7,9,11,13,18-19H,6H2. The zero-order chi connectivity index (χ0) is 15.1. The predicted molar refractivity (Wildman–Crippen MR) is 72.5 cm³/mol. The lowest BCUT2D eigenvalue weighted by molar-refractivity contribution is -0.166. The summed E-state index contributed by atoms with van der Waals surface area (Å²) in [5.74, 6) is 0.645. The number of ether oxygens (including phenoxy) is 1. The molecule has 5 nitrogen and oxygen atoms in total. The second kappa shape index (κ2) is 4.76. The molecule has 0 radical (unpaired) electrons. The number of terminal acetylenes is 1. The van der Waals surface area contributed by atoms with Crippen LogP contribution in [0, 0.1) is 24.2 Å². The molecule has 2 aliphatic carbocycles. The number of aliphatic hydroxyl groups excluding tert-OH is 2. The smallest absolute Gasteiger partial charge is 0.337 e. The molecule has 1 heterocycles. The highest BCUT2D eigenvalue weighted by Gasteiger charge is 2.43. The van der Waals surface area contributed by atoms with Gasteiger partial charge in [-0.3, -0.25) is 4.79 Å². The van der Waals surface area contributed by atoms with Crippen LogP contribution in [0.4, 0.5) is 0 Å². The number of allylic oxidation sites excluding steroid dienone is 5. The molecule has 0 fully saturated rings. The van der Waals surface area contributed by atoms with Crippen LogP contribution in [-0.2, 0) is 14.3 Å². The topological polar surface area (TPSA) is 83.8 Å². The molecule has 0 bridgehead atoms. The summed E-state index contributed by atoms with van der Waals surface area (Å²) in [5.41, 5.74) is 1.25. The molecule has 0 amide bonds. The summed E-state index contributed by atoms with van der Waals surface area (Å²) in [6, 6.07) is 0. The molecule has 3 atom stereocenters. The second-order valence-corrected chi connectivity index (χ2v) is 5.05. The number of carbonyl (C=O) groups excluding carboxylic acids is 2. The Labute approximate surface area is 120 Å². The van der Waals surface area contributed by atoms with Gasteiger partial charge in [-0.05, 0) is 5.57 Å². The third kappa shape index (κ3) is 1.92. The Balaban J connectivity index is 2.19. The van der Waals surface area contributed by atoms with Crippen molar-refractivity contribution in [3.05, 3.63) is 46.3 Å². The van der Waals surface area contributed by atoms with E-state index in [9.17, 15) is 19.8 Å². The number of hydrogen-bond donors (Lipinski definition) is 2. The first-order valence-electron chi connectivity index (χ1n) is 6.44. The van der Waals surface area contributed by atoms with Crippen LogP contribution in [0.3, 0.4) is 0 Å². The van der Waals surface area contributed by atoms with E-state index in [1.54, 1.807) is 18.2 Å². The van der Waals surface area contributed by atoms with Crippen molar-refractivity contribution in [1.29, 1.82) is 0 Å². The molecule has 1 aliphatic heterocycles. The third-order valence-corrected chi connectivity index (χ3v) is 3.93. The van der Waals surface area contributed by atoms with Crippen molar-refractivity contribution < 1.29 is 24.5 Å². The molecule has 0 aromatic heterocycles. The maximum atomic E-state index is 12.1. The van der Waals surface area contributed by atoms with E-state index in [1.165, 1.54) is 0 Å². The molecular formula is C16H12O5. The minimum absolute atomic E-state index is 0.0119. The van der Waals surface area contributed by atoms with E-state index >= 15 is 0 Å². The predicted octanol–water partition coefficient (Wildman–Crippen LogP) is 0.935. The van der Waals surface area contributed by atoms with Crippen LogP contribution in [0.25, 0.3) is 0 Å². The Morgan fingerprint density at radius 2 is 2.19 bits per heavy atom. The largest absolute Gasteiger partial charge is 0.511 e. The van der Waals surface area contributed by atoms with Gasteiger partial charge in [0, 0.05) is 29.4 Å². The maximum Gasteiger partial charge on any atom is 0.337 e. The van der Waals surface area contributed by atoms with Crippen LogP contribution in [0.2, 0.25) is 0 Å². The molecule has 106 valence electrons. The summed E-state index contributed by atoms with van der Waals surface area (Å²) in [5, 5.41) is 19.9. The second-order valence-electron chi connectivity index (χ2n) is 5.05. The molecule has 0 spiro atoms. The average molecular weight is 284 g/mol. The minimum atomic E-state index is -1.31. The van der Waals surface area contributed by atoms with Crippen LogP contribution < -0.4 is 0 Å². The molecule has 0 aromatic rings. The first-order valence-corrected chi connectivity index (χ1v) is 6.44. The van der Waals surface area contributed by atoms with Crippen molar-refractivity contribution in [2.24, 2.45) is 11.8 Å². The highest BCUT2D eigenvalue weighted by Crippen LogP contribution is 2.44. The van der Waals surface area contributed by atoms with Gasteiger partial charge in [0.1, 0.15) is 5.76 Å². The van der Waals surface area contributed by atoms with Crippen LogP contribution in [0.15, 0.2) is 46.3 Å². The molecular weight excluding hydrogens is 272 g/mol. The number of cyclic esters (lactones) is 1. The van der Waals surface area contributed by atoms with Crippen LogP contribution in [-0.4, -0.2) is 28.8 Å². The molecule has 0 aromatic carbocycles. The number of fused-ring (bicyclic) bond motifs is 2. The zero-order valence-corrected chi connectivity index (χ0v) is 10.9. The van der Waals surface area contributed by atoms with Gasteiger partial charge in [-0.25, -0.2) is 4.79 Å². The first kappa shape index (κ1) is 13.4. The number of rotatable bonds is 1. The first-order chi connectivity index (χ1) is 10.1. The lowest BCUT2D eigenvalue weighted by Crippen LogP contribution is -2.36. The van der Waals surface area contributed by atoms with Crippen molar-refractivity contribution in [2.75, 3.05) is 0 Å². The van der Waals surface area contributed by atoms with Gasteiger partial charge in [-0.1, -0.05) is 24.1 Å². The SMILES string of the molecule is C#CC1=CC2C(O)=C(C=O)C3=C(C(=O)OC(O)C3)C2C=C1. The average Bonchev–Trinajstić information content (AvgIpc) is 2.46. The fourth-order valence-corrected chi connectivity index (χ4v) is 3.00. The van der Waals surface area contributed by atoms with Gasteiger partial charge in [-0.2, -0.15) is 0 Å². The van der Waals surface area contributed by atoms with Crippen molar-refractivity contribution >= 4 is 12.3 Å². The molecule has 0 saturated heterocycles. The molecule has 0 saturated carbocycles. The van der Waals surface area contributed by atoms with E-state index in [0.717, 1.165) is 0 Å². The third-order valence-electron chi connectivity index (χ3n) is 3.93. The molecule has 2 N–H and O–H groups in total. The van der Waals surface area contributed by atoms with Gasteiger partial charge >= 0.3 is 5.97 Å². The molecule has 5 heteroatoms. The number of hydrogen-bond acceptors (Lipinski definition) is 5. The Morgan fingerprint density at radius 3 is 2.86 bits per heavy atom. The van der Waals surface area contributed by atoms with E-state index in [-0.39, 0.29) is 17.8 Å².